The second-order valence-corrected chi connectivity index (χ2v) is 13.2. The van der Waals surface area contributed by atoms with E-state index in [4.69, 9.17) is 14.8 Å². The summed E-state index contributed by atoms with van der Waals surface area (Å²) in [7, 11) is 3.49. The molecule has 8 rings (SSSR count). The highest BCUT2D eigenvalue weighted by molar-refractivity contribution is 7.13. The van der Waals surface area contributed by atoms with Gasteiger partial charge in [0, 0.05) is 31.0 Å². The third kappa shape index (κ3) is 5.29. The summed E-state index contributed by atoms with van der Waals surface area (Å²) in [6.45, 7) is 3.14. The van der Waals surface area contributed by atoms with Crippen molar-refractivity contribution in [3.05, 3.63) is 82.5 Å². The Morgan fingerprint density at radius 1 is 1.19 bits per heavy atom. The zero-order valence-electron chi connectivity index (χ0n) is 26.8. The minimum absolute atomic E-state index is 0.143. The van der Waals surface area contributed by atoms with E-state index in [0.717, 1.165) is 71.7 Å². The van der Waals surface area contributed by atoms with Gasteiger partial charge in [-0.25, -0.2) is 14.6 Å². The first-order chi connectivity index (χ1) is 23.4. The number of fused-ring (bicyclic) bond motifs is 1. The predicted octanol–water partition coefficient (Wildman–Crippen LogP) is 4.67. The lowest BCUT2D eigenvalue weighted by atomic mass is 9.76. The number of hydrogen-bond donors (Lipinski definition) is 2. The molecule has 6 heterocycles. The molecule has 48 heavy (non-hydrogen) atoms. The Labute approximate surface area is 280 Å². The molecule has 5 aromatic heterocycles. The second-order valence-electron chi connectivity index (χ2n) is 12.2. The maximum atomic E-state index is 14.1. The van der Waals surface area contributed by atoms with Crippen LogP contribution >= 0.6 is 11.3 Å². The van der Waals surface area contributed by atoms with Crippen molar-refractivity contribution >= 4 is 28.7 Å². The zero-order valence-corrected chi connectivity index (χ0v) is 27.7. The Bertz CT molecular complexity index is 2110. The van der Waals surface area contributed by atoms with Crippen molar-refractivity contribution in [2.75, 3.05) is 19.1 Å². The molecule has 2 N–H and O–H groups in total. The van der Waals surface area contributed by atoms with Crippen molar-refractivity contribution < 1.29 is 9.53 Å². The van der Waals surface area contributed by atoms with Crippen LogP contribution in [0.25, 0.3) is 22.0 Å². The van der Waals surface area contributed by atoms with Crippen molar-refractivity contribution in [2.45, 2.75) is 57.7 Å². The first-order valence-corrected chi connectivity index (χ1v) is 16.8. The fourth-order valence-corrected chi connectivity index (χ4v) is 7.14. The van der Waals surface area contributed by atoms with Crippen LogP contribution in [0.4, 0.5) is 11.5 Å². The van der Waals surface area contributed by atoms with E-state index in [1.54, 1.807) is 29.3 Å². The predicted molar refractivity (Wildman–Crippen MR) is 179 cm³/mol. The Morgan fingerprint density at radius 3 is 2.88 bits per heavy atom. The van der Waals surface area contributed by atoms with Crippen LogP contribution in [0.5, 0.6) is 6.01 Å². The summed E-state index contributed by atoms with van der Waals surface area (Å²) in [6, 6.07) is 12.3. The lowest BCUT2D eigenvalue weighted by molar-refractivity contribution is 0.0807. The second kappa shape index (κ2) is 12.0. The number of aryl methyl sites for hydroxylation is 2. The summed E-state index contributed by atoms with van der Waals surface area (Å²) in [4.78, 5) is 30.5. The third-order valence-corrected chi connectivity index (χ3v) is 10.1. The van der Waals surface area contributed by atoms with Gasteiger partial charge in [0.25, 0.3) is 5.91 Å². The molecule has 1 fully saturated rings. The van der Waals surface area contributed by atoms with Gasteiger partial charge >= 0.3 is 6.01 Å². The number of nitrogens with one attached hydrogen (secondary N) is 2. The number of carbonyl (C=O) groups is 1. The number of carbonyl (C=O) groups excluding carboxylic acids is 1. The number of ether oxygens (including phenoxy) is 1. The van der Waals surface area contributed by atoms with Gasteiger partial charge in [-0.1, -0.05) is 17.3 Å². The summed E-state index contributed by atoms with van der Waals surface area (Å²) in [5.74, 6) is 1.90. The number of hydrogen-bond acceptors (Lipinski definition) is 11. The molecule has 0 saturated heterocycles. The van der Waals surface area contributed by atoms with Crippen molar-refractivity contribution in [1.29, 1.82) is 0 Å². The topological polar surface area (TPSA) is 157 Å². The monoisotopic (exact) mass is 662 g/mol. The normalized spacial score (nSPS) is 14.8. The van der Waals surface area contributed by atoms with Gasteiger partial charge in [-0.15, -0.1) is 16.4 Å². The lowest BCUT2D eigenvalue weighted by Gasteiger charge is -2.40. The molecule has 1 aliphatic carbocycles. The number of aromatic nitrogens is 10. The van der Waals surface area contributed by atoms with E-state index in [0.29, 0.717) is 41.3 Å². The van der Waals surface area contributed by atoms with E-state index in [-0.39, 0.29) is 5.91 Å². The third-order valence-electron chi connectivity index (χ3n) is 9.26. The molecule has 1 amide bonds. The molecule has 0 radical (unpaired) electrons. The zero-order chi connectivity index (χ0) is 32.8. The van der Waals surface area contributed by atoms with Gasteiger partial charge in [-0.05, 0) is 74.2 Å². The Hall–Kier alpha value is -5.44. The molecular formula is C33H34N12O2S. The molecule has 6 aromatic rings. The van der Waals surface area contributed by atoms with Gasteiger partial charge in [-0.3, -0.25) is 14.6 Å². The van der Waals surface area contributed by atoms with Crippen LogP contribution in [0.15, 0.2) is 54.2 Å². The van der Waals surface area contributed by atoms with E-state index < -0.39 is 5.54 Å². The molecule has 14 nitrogen and oxygen atoms in total. The van der Waals surface area contributed by atoms with Crippen molar-refractivity contribution in [3.63, 3.8) is 0 Å². The van der Waals surface area contributed by atoms with Crippen LogP contribution in [-0.2, 0) is 25.0 Å². The lowest BCUT2D eigenvalue weighted by Crippen LogP contribution is -2.51. The molecule has 15 heteroatoms. The first kappa shape index (κ1) is 29.9. The van der Waals surface area contributed by atoms with E-state index in [1.165, 1.54) is 0 Å². The molecule has 0 unspecified atom stereocenters. The number of amides is 1. The van der Waals surface area contributed by atoms with E-state index in [9.17, 15) is 4.79 Å². The Morgan fingerprint density at radius 2 is 2.08 bits per heavy atom. The molecule has 244 valence electrons. The van der Waals surface area contributed by atoms with Gasteiger partial charge in [0.1, 0.15) is 11.5 Å². The molecule has 2 aliphatic rings. The van der Waals surface area contributed by atoms with Gasteiger partial charge in [-0.2, -0.15) is 15.2 Å². The smallest absolute Gasteiger partial charge is 0.318 e. The maximum absolute atomic E-state index is 14.1. The van der Waals surface area contributed by atoms with Crippen LogP contribution in [0.1, 0.15) is 58.8 Å². The van der Waals surface area contributed by atoms with Crippen LogP contribution in [-0.4, -0.2) is 70.0 Å². The van der Waals surface area contributed by atoms with Crippen LogP contribution in [0.3, 0.4) is 0 Å². The minimum atomic E-state index is -0.586. The number of methoxy groups -OCH3 is 1. The van der Waals surface area contributed by atoms with Crippen molar-refractivity contribution in [2.24, 2.45) is 0 Å². The summed E-state index contributed by atoms with van der Waals surface area (Å²) in [6.07, 6.45) is 7.91. The molecular weight excluding hydrogens is 629 g/mol. The number of benzene rings is 1. The summed E-state index contributed by atoms with van der Waals surface area (Å²) in [5.41, 5.74) is 5.32. The average molecular weight is 663 g/mol. The first-order valence-electron chi connectivity index (χ1n) is 15.9. The average Bonchev–Trinajstić information content (AvgIpc) is 3.92. The highest BCUT2D eigenvalue weighted by Gasteiger charge is 2.44. The highest BCUT2D eigenvalue weighted by atomic mass is 32.1. The minimum Gasteiger partial charge on any atom is -0.467 e. The molecule has 1 aliphatic heterocycles. The quantitative estimate of drug-likeness (QED) is 0.211. The summed E-state index contributed by atoms with van der Waals surface area (Å²) >= 11 is 1.59. The molecule has 0 atom stereocenters. The van der Waals surface area contributed by atoms with Crippen molar-refractivity contribution in [3.8, 4) is 28.0 Å². The Balaban J connectivity index is 1.05. The van der Waals surface area contributed by atoms with Gasteiger partial charge in [0.15, 0.2) is 11.6 Å². The summed E-state index contributed by atoms with van der Waals surface area (Å²) < 4.78 is 8.92. The molecule has 1 saturated carbocycles. The van der Waals surface area contributed by atoms with Gasteiger partial charge in [0.05, 0.1) is 47.2 Å². The Kier molecular flexibility index (Phi) is 7.47. The molecule has 0 spiro atoms. The van der Waals surface area contributed by atoms with Gasteiger partial charge < -0.3 is 15.0 Å². The number of nitrogens with zero attached hydrogens (tertiary/aromatic N) is 10. The number of rotatable bonds is 10. The number of thiophene rings is 1. The van der Waals surface area contributed by atoms with E-state index in [2.05, 4.69) is 47.9 Å². The van der Waals surface area contributed by atoms with E-state index in [1.807, 2.05) is 59.4 Å². The van der Waals surface area contributed by atoms with Crippen LogP contribution in [0.2, 0.25) is 0 Å². The van der Waals surface area contributed by atoms with Crippen LogP contribution in [0, 0.1) is 6.92 Å². The molecule has 0 bridgehead atoms. The molecule has 1 aromatic carbocycles. The summed E-state index contributed by atoms with van der Waals surface area (Å²) in [5, 5.41) is 26.8. The fraction of sp³-hybridized carbons (Fsp3) is 0.333. The highest BCUT2D eigenvalue weighted by Crippen LogP contribution is 2.41. The van der Waals surface area contributed by atoms with Gasteiger partial charge in [0.2, 0.25) is 0 Å². The largest absolute Gasteiger partial charge is 0.467 e. The number of anilines is 2. The van der Waals surface area contributed by atoms with Crippen molar-refractivity contribution in [1.82, 2.24) is 55.2 Å². The fourth-order valence-electron chi connectivity index (χ4n) is 6.48. The number of aromatic amines is 1. The maximum Gasteiger partial charge on any atom is 0.318 e. The SMILES string of the molecule is COc1nccc(N(C)c2ccc(C)c(-c3cn(Cc4nn5c(c4C(=O)NC4(c6nc(-c7cccs7)n[nH]6)CCC4)CCC5)nn3)c2)n1. The van der Waals surface area contributed by atoms with E-state index >= 15 is 0 Å². The van der Waals surface area contributed by atoms with Crippen LogP contribution < -0.4 is 15.0 Å². The number of H-pyrrole nitrogens is 1. The standard InChI is InChI=1S/C33H34N12O2S/c1-20-9-10-21(43(2)27-11-14-34-32(35-27)47-3)17-22(20)23-18-44(42-38-23)19-24-28(25-7-4-15-45(25)41-24)30(46)37-33(12-6-13-33)31-36-29(39-40-31)26-8-5-16-48-26/h5,8-11,14,16-18H,4,6-7,12-13,15,19H2,1-3H3,(H,37,46)(H,36,39,40).